The summed E-state index contributed by atoms with van der Waals surface area (Å²) in [4.78, 5) is 26.7. The molecule has 1 N–H and O–H groups in total. The van der Waals surface area contributed by atoms with E-state index in [0.29, 0.717) is 24.1 Å². The third kappa shape index (κ3) is 4.65. The molecule has 1 aliphatic heterocycles. The Morgan fingerprint density at radius 1 is 1.09 bits per heavy atom. The zero-order valence-electron chi connectivity index (χ0n) is 17.9. The fourth-order valence-electron chi connectivity index (χ4n) is 4.46. The summed E-state index contributed by atoms with van der Waals surface area (Å²) in [5.41, 5.74) is 1.39. The Balaban J connectivity index is 1.40. The molecule has 8 heteroatoms. The molecule has 1 amide bonds. The van der Waals surface area contributed by atoms with E-state index in [0.717, 1.165) is 36.1 Å². The van der Waals surface area contributed by atoms with Crippen LogP contribution in [0.2, 0.25) is 0 Å². The van der Waals surface area contributed by atoms with Gasteiger partial charge in [0, 0.05) is 12.6 Å². The number of rotatable bonds is 6. The molecule has 32 heavy (non-hydrogen) atoms. The Kier molecular flexibility index (Phi) is 5.99. The number of halogens is 3. The first-order valence-electron chi connectivity index (χ1n) is 10.6. The molecule has 1 aliphatic carbocycles. The number of ether oxygens (including phenoxy) is 1. The van der Waals surface area contributed by atoms with E-state index in [9.17, 15) is 22.8 Å². The topological polar surface area (TPSA) is 58.6 Å². The smallest absolute Gasteiger partial charge is 0.416 e. The van der Waals surface area contributed by atoms with E-state index in [4.69, 9.17) is 4.74 Å². The molecular weight excluding hydrogens is 421 g/mol. The summed E-state index contributed by atoms with van der Waals surface area (Å²) in [7, 11) is 1.32. The van der Waals surface area contributed by atoms with E-state index in [2.05, 4.69) is 10.2 Å². The van der Waals surface area contributed by atoms with E-state index in [1.807, 2.05) is 6.92 Å². The van der Waals surface area contributed by atoms with Crippen LogP contribution in [0.25, 0.3) is 0 Å². The average molecular weight is 446 g/mol. The number of nitrogens with one attached hydrogen (secondary N) is 1. The lowest BCUT2D eigenvalue weighted by Crippen LogP contribution is -2.45. The lowest BCUT2D eigenvalue weighted by Gasteiger charge is -2.28. The highest BCUT2D eigenvalue weighted by molar-refractivity contribution is 5.89. The van der Waals surface area contributed by atoms with Gasteiger partial charge in [-0.25, -0.2) is 4.79 Å². The van der Waals surface area contributed by atoms with Gasteiger partial charge in [0.2, 0.25) is 5.91 Å². The number of carbonyl (C=O) groups is 2. The molecule has 0 spiro atoms. The molecule has 5 nitrogen and oxygen atoms in total. The molecule has 2 aliphatic rings. The molecule has 0 radical (unpaired) electrons. The lowest BCUT2D eigenvalue weighted by molar-refractivity contribution is -0.137. The molecule has 1 saturated heterocycles. The summed E-state index contributed by atoms with van der Waals surface area (Å²) < 4.78 is 43.1. The number of amides is 1. The van der Waals surface area contributed by atoms with Gasteiger partial charge in [0.25, 0.3) is 0 Å². The summed E-state index contributed by atoms with van der Waals surface area (Å²) in [5.74, 6) is -0.0409. The van der Waals surface area contributed by atoms with Crippen molar-refractivity contribution in [3.8, 4) is 0 Å². The highest BCUT2D eigenvalue weighted by Crippen LogP contribution is 2.48. The quantitative estimate of drug-likeness (QED) is 0.671. The van der Waals surface area contributed by atoms with Crippen molar-refractivity contribution in [1.29, 1.82) is 0 Å². The molecule has 2 fully saturated rings. The van der Waals surface area contributed by atoms with Gasteiger partial charge in [0.05, 0.1) is 30.3 Å². The highest BCUT2D eigenvalue weighted by Gasteiger charge is 2.53. The number of hydrogen-bond donors (Lipinski definition) is 1. The van der Waals surface area contributed by atoms with Gasteiger partial charge >= 0.3 is 12.1 Å². The molecule has 2 unspecified atom stereocenters. The SMILES string of the molecule is COC(=O)c1ccc([C@H](C)NC(=O)[C@H]2CC3CC3N2Cc2ccc(C(F)(F)F)cc2)cc1. The number of esters is 1. The van der Waals surface area contributed by atoms with Crippen molar-refractivity contribution in [3.05, 3.63) is 70.8 Å². The highest BCUT2D eigenvalue weighted by atomic mass is 19.4. The first-order valence-corrected chi connectivity index (χ1v) is 10.6. The maximum absolute atomic E-state index is 13.0. The molecule has 1 saturated carbocycles. The predicted octanol–water partition coefficient (Wildman–Crippen LogP) is 4.33. The van der Waals surface area contributed by atoms with Gasteiger partial charge in [-0.3, -0.25) is 9.69 Å². The van der Waals surface area contributed by atoms with Crippen LogP contribution in [0.3, 0.4) is 0 Å². The van der Waals surface area contributed by atoms with Crippen molar-refractivity contribution in [2.75, 3.05) is 7.11 Å². The number of carbonyl (C=O) groups excluding carboxylic acids is 2. The third-order valence-electron chi connectivity index (χ3n) is 6.38. The van der Waals surface area contributed by atoms with Crippen molar-refractivity contribution < 1.29 is 27.5 Å². The number of hydrogen-bond acceptors (Lipinski definition) is 4. The van der Waals surface area contributed by atoms with Crippen molar-refractivity contribution in [1.82, 2.24) is 10.2 Å². The molecular formula is C24H25F3N2O3. The fourth-order valence-corrected chi connectivity index (χ4v) is 4.46. The zero-order valence-corrected chi connectivity index (χ0v) is 17.9. The van der Waals surface area contributed by atoms with Gasteiger partial charge in [-0.1, -0.05) is 24.3 Å². The third-order valence-corrected chi connectivity index (χ3v) is 6.38. The minimum absolute atomic E-state index is 0.0892. The number of piperidine rings is 1. The zero-order chi connectivity index (χ0) is 23.0. The fraction of sp³-hybridized carbons (Fsp3) is 0.417. The summed E-state index contributed by atoms with van der Waals surface area (Å²) in [5, 5.41) is 3.04. The van der Waals surface area contributed by atoms with E-state index < -0.39 is 17.7 Å². The van der Waals surface area contributed by atoms with Crippen molar-refractivity contribution >= 4 is 11.9 Å². The molecule has 170 valence electrons. The van der Waals surface area contributed by atoms with Gasteiger partial charge in [-0.15, -0.1) is 0 Å². The predicted molar refractivity (Wildman–Crippen MR) is 112 cm³/mol. The molecule has 1 heterocycles. The maximum Gasteiger partial charge on any atom is 0.416 e. The van der Waals surface area contributed by atoms with Gasteiger partial charge in [0.15, 0.2) is 0 Å². The van der Waals surface area contributed by atoms with Crippen LogP contribution in [0.1, 0.15) is 52.9 Å². The number of likely N-dealkylation sites (tertiary alicyclic amines) is 1. The van der Waals surface area contributed by atoms with E-state index in [-0.39, 0.29) is 18.0 Å². The number of methoxy groups -OCH3 is 1. The Morgan fingerprint density at radius 2 is 1.75 bits per heavy atom. The summed E-state index contributed by atoms with van der Waals surface area (Å²) in [6.45, 7) is 2.32. The molecule has 0 aromatic heterocycles. The molecule has 2 aromatic rings. The molecule has 4 rings (SSSR count). The van der Waals surface area contributed by atoms with Crippen LogP contribution < -0.4 is 5.32 Å². The second-order valence-corrected chi connectivity index (χ2v) is 8.53. The minimum atomic E-state index is -4.36. The first kappa shape index (κ1) is 22.3. The van der Waals surface area contributed by atoms with Gasteiger partial charge in [0.1, 0.15) is 0 Å². The molecule has 2 aromatic carbocycles. The Labute approximate surface area is 184 Å². The number of alkyl halides is 3. The van der Waals surface area contributed by atoms with Crippen LogP contribution in [0.5, 0.6) is 0 Å². The van der Waals surface area contributed by atoms with Crippen LogP contribution in [0, 0.1) is 5.92 Å². The number of fused-ring (bicyclic) bond motifs is 1. The maximum atomic E-state index is 13.0. The Morgan fingerprint density at radius 3 is 2.34 bits per heavy atom. The van der Waals surface area contributed by atoms with Crippen LogP contribution >= 0.6 is 0 Å². The normalized spacial score (nSPS) is 23.3. The summed E-state index contributed by atoms with van der Waals surface area (Å²) in [6.07, 6.45) is -2.58. The van der Waals surface area contributed by atoms with Crippen LogP contribution in [-0.2, 0) is 22.3 Å². The standard InChI is InChI=1S/C24H25F3N2O3/c1-14(16-5-7-17(8-6-16)23(31)32-2)28-22(30)21-12-18-11-20(18)29(21)13-15-3-9-19(10-4-15)24(25,26)27/h3-10,14,18,20-21H,11-13H2,1-2H3,(H,28,30)/t14-,18?,20?,21+/m0/s1. The second-order valence-electron chi connectivity index (χ2n) is 8.53. The molecule has 0 bridgehead atoms. The first-order chi connectivity index (χ1) is 15.2. The van der Waals surface area contributed by atoms with Gasteiger partial charge < -0.3 is 10.1 Å². The lowest BCUT2D eigenvalue weighted by atomic mass is 10.0. The monoisotopic (exact) mass is 446 g/mol. The largest absolute Gasteiger partial charge is 0.465 e. The summed E-state index contributed by atoms with van der Waals surface area (Å²) in [6, 6.07) is 11.8. The van der Waals surface area contributed by atoms with Gasteiger partial charge in [-0.2, -0.15) is 13.2 Å². The van der Waals surface area contributed by atoms with Crippen molar-refractivity contribution in [2.45, 2.75) is 50.6 Å². The van der Waals surface area contributed by atoms with Crippen molar-refractivity contribution in [3.63, 3.8) is 0 Å². The second kappa shape index (κ2) is 8.58. The summed E-state index contributed by atoms with van der Waals surface area (Å²) >= 11 is 0. The van der Waals surface area contributed by atoms with E-state index >= 15 is 0 Å². The number of nitrogens with zero attached hydrogens (tertiary/aromatic N) is 1. The Bertz CT molecular complexity index is 989. The van der Waals surface area contributed by atoms with Crippen molar-refractivity contribution in [2.24, 2.45) is 5.92 Å². The average Bonchev–Trinajstić information content (AvgIpc) is 3.46. The Hall–Kier alpha value is -2.87. The van der Waals surface area contributed by atoms with Crippen LogP contribution in [-0.4, -0.2) is 36.0 Å². The van der Waals surface area contributed by atoms with Gasteiger partial charge in [-0.05, 0) is 61.1 Å². The number of benzene rings is 2. The minimum Gasteiger partial charge on any atom is -0.465 e. The van der Waals surface area contributed by atoms with Crippen LogP contribution in [0.15, 0.2) is 48.5 Å². The molecule has 4 atom stereocenters. The van der Waals surface area contributed by atoms with E-state index in [1.165, 1.54) is 19.2 Å². The van der Waals surface area contributed by atoms with Crippen LogP contribution in [0.4, 0.5) is 13.2 Å². The van der Waals surface area contributed by atoms with E-state index in [1.54, 1.807) is 24.3 Å².